The molecule has 66 valence electrons. The van der Waals surface area contributed by atoms with E-state index in [0.29, 0.717) is 0 Å². The molecule has 0 aromatic carbocycles. The second-order valence-corrected chi connectivity index (χ2v) is 1.53. The number of carboxylic acid groups (broad SMARTS) is 2. The molecule has 0 radical (unpaired) electrons. The molecule has 0 aliphatic carbocycles. The summed E-state index contributed by atoms with van der Waals surface area (Å²) in [6.07, 6.45) is -4.88. The molecule has 0 aliphatic heterocycles. The van der Waals surface area contributed by atoms with Gasteiger partial charge in [0.25, 0.3) is 0 Å². The summed E-state index contributed by atoms with van der Waals surface area (Å²) in [7, 11) is 0. The van der Waals surface area contributed by atoms with Gasteiger partial charge in [-0.25, -0.2) is 0 Å². The Bertz CT molecular complexity index is 143. The van der Waals surface area contributed by atoms with Crippen LogP contribution in [0.4, 0.5) is 0 Å². The summed E-state index contributed by atoms with van der Waals surface area (Å²) >= 11 is 0. The molecular weight excluding hydrogens is 238 g/mol. The first-order chi connectivity index (χ1) is 4.46. The molecule has 7 nitrogen and oxygen atoms in total. The van der Waals surface area contributed by atoms with Gasteiger partial charge < -0.3 is 35.5 Å². The molecular formula is C4H6K2O7. The molecule has 0 rings (SSSR count). The van der Waals surface area contributed by atoms with Crippen LogP contribution >= 0.6 is 0 Å². The van der Waals surface area contributed by atoms with Crippen molar-refractivity contribution in [3.8, 4) is 0 Å². The van der Waals surface area contributed by atoms with Gasteiger partial charge in [-0.15, -0.1) is 0 Å². The molecule has 0 aromatic heterocycles. The van der Waals surface area contributed by atoms with Crippen LogP contribution in [0.25, 0.3) is 0 Å². The van der Waals surface area contributed by atoms with Crippen LogP contribution in [0.1, 0.15) is 0 Å². The van der Waals surface area contributed by atoms with E-state index in [0.717, 1.165) is 0 Å². The summed E-state index contributed by atoms with van der Waals surface area (Å²) in [5.74, 6) is -4.12. The molecule has 0 spiro atoms. The number of rotatable bonds is 3. The van der Waals surface area contributed by atoms with E-state index in [-0.39, 0.29) is 108 Å². The van der Waals surface area contributed by atoms with Crippen molar-refractivity contribution in [2.45, 2.75) is 12.2 Å². The summed E-state index contributed by atoms with van der Waals surface area (Å²) in [4.78, 5) is 19.3. The molecule has 13 heavy (non-hydrogen) atoms. The molecule has 0 fully saturated rings. The Balaban J connectivity index is -0.000000135. The number of aliphatic carboxylic acids is 2. The minimum atomic E-state index is -2.44. The van der Waals surface area contributed by atoms with Crippen LogP contribution in [0.15, 0.2) is 0 Å². The number of aliphatic hydroxyl groups is 2. The zero-order valence-electron chi connectivity index (χ0n) is 7.18. The standard InChI is InChI=1S/C4H6O6.2K.H2O/c5-1(3(7)8)2(6)4(9)10;;;/h1-2,5-6H,(H,7,8)(H,9,10);;;1H2/q;2*+1;/p-2. The summed E-state index contributed by atoms with van der Waals surface area (Å²) in [6, 6.07) is 0. The fraction of sp³-hybridized carbons (Fsp3) is 0.500. The van der Waals surface area contributed by atoms with Gasteiger partial charge in [0.1, 0.15) is 12.2 Å². The molecule has 0 heterocycles. The maximum atomic E-state index is 9.63. The molecule has 4 N–H and O–H groups in total. The molecule has 0 aliphatic rings. The van der Waals surface area contributed by atoms with E-state index in [2.05, 4.69) is 0 Å². The van der Waals surface area contributed by atoms with Crippen molar-refractivity contribution in [1.82, 2.24) is 0 Å². The predicted molar refractivity (Wildman–Crippen MR) is 25.6 cm³/mol. The average molecular weight is 244 g/mol. The molecule has 0 amide bonds. The van der Waals surface area contributed by atoms with Gasteiger partial charge in [-0.3, -0.25) is 0 Å². The quantitative estimate of drug-likeness (QED) is 0.470. The molecule has 0 aromatic rings. The fourth-order valence-electron chi connectivity index (χ4n) is 0.258. The zero-order chi connectivity index (χ0) is 8.31. The maximum Gasteiger partial charge on any atom is 1.00 e. The van der Waals surface area contributed by atoms with Gasteiger partial charge in [-0.1, -0.05) is 0 Å². The third-order valence-electron chi connectivity index (χ3n) is 0.782. The first-order valence-corrected chi connectivity index (χ1v) is 2.24. The van der Waals surface area contributed by atoms with Crippen LogP contribution in [0.2, 0.25) is 0 Å². The van der Waals surface area contributed by atoms with Gasteiger partial charge in [-0.2, -0.15) is 0 Å². The molecule has 9 heteroatoms. The van der Waals surface area contributed by atoms with E-state index < -0.39 is 24.1 Å². The third-order valence-corrected chi connectivity index (χ3v) is 0.782. The van der Waals surface area contributed by atoms with Crippen molar-refractivity contribution in [2.75, 3.05) is 0 Å². The maximum absolute atomic E-state index is 9.63. The Morgan fingerprint density at radius 2 is 1.08 bits per heavy atom. The molecule has 0 bridgehead atoms. The first-order valence-electron chi connectivity index (χ1n) is 2.24. The molecule has 2 unspecified atom stereocenters. The Morgan fingerprint density at radius 3 is 1.15 bits per heavy atom. The number of carboxylic acids is 2. The predicted octanol–water partition coefficient (Wildman–Crippen LogP) is -11.6. The number of carbonyl (C=O) groups is 2. The second kappa shape index (κ2) is 12.2. The van der Waals surface area contributed by atoms with Gasteiger partial charge in [0, 0.05) is 0 Å². The number of hydrogen-bond acceptors (Lipinski definition) is 6. The average Bonchev–Trinajstić information content (AvgIpc) is 1.84. The van der Waals surface area contributed by atoms with E-state index >= 15 is 0 Å². The van der Waals surface area contributed by atoms with Gasteiger partial charge in [0.15, 0.2) is 0 Å². The summed E-state index contributed by atoms with van der Waals surface area (Å²) in [5.41, 5.74) is 0. The fourth-order valence-corrected chi connectivity index (χ4v) is 0.258. The van der Waals surface area contributed by atoms with Crippen LogP contribution in [0.5, 0.6) is 0 Å². The zero-order valence-corrected chi connectivity index (χ0v) is 13.4. The Labute approximate surface area is 159 Å². The van der Waals surface area contributed by atoms with Crippen LogP contribution in [-0.2, 0) is 9.59 Å². The summed E-state index contributed by atoms with van der Waals surface area (Å²) < 4.78 is 0. The summed E-state index contributed by atoms with van der Waals surface area (Å²) in [6.45, 7) is 0. The van der Waals surface area contributed by atoms with Crippen molar-refractivity contribution < 1.29 is 138 Å². The van der Waals surface area contributed by atoms with E-state index in [1.807, 2.05) is 0 Å². The van der Waals surface area contributed by atoms with E-state index in [9.17, 15) is 19.8 Å². The van der Waals surface area contributed by atoms with E-state index in [1.54, 1.807) is 0 Å². The minimum Gasteiger partial charge on any atom is -0.547 e. The number of carbonyl (C=O) groups excluding carboxylic acids is 2. The number of aliphatic hydroxyl groups excluding tert-OH is 2. The topological polar surface area (TPSA) is 152 Å². The van der Waals surface area contributed by atoms with Gasteiger partial charge >= 0.3 is 103 Å². The van der Waals surface area contributed by atoms with Crippen LogP contribution in [0.3, 0.4) is 0 Å². The Hall–Kier alpha value is 2.09. The molecule has 0 saturated carbocycles. The second-order valence-electron chi connectivity index (χ2n) is 1.53. The largest absolute Gasteiger partial charge is 1.00 e. The van der Waals surface area contributed by atoms with Gasteiger partial charge in [0.05, 0.1) is 11.9 Å². The smallest absolute Gasteiger partial charge is 0.547 e. The van der Waals surface area contributed by atoms with E-state index in [1.165, 1.54) is 0 Å². The molecule has 2 atom stereocenters. The Morgan fingerprint density at radius 1 is 0.923 bits per heavy atom. The Kier molecular flexibility index (Phi) is 22.8. The SMILES string of the molecule is O.O=C([O-])C(O)C(O)C(=O)[O-].[K+].[K+]. The number of hydrogen-bond donors (Lipinski definition) is 2. The van der Waals surface area contributed by atoms with E-state index in [4.69, 9.17) is 10.2 Å². The van der Waals surface area contributed by atoms with Crippen molar-refractivity contribution in [2.24, 2.45) is 0 Å². The minimum absolute atomic E-state index is 0. The normalized spacial score (nSPS) is 12.2. The summed E-state index contributed by atoms with van der Waals surface area (Å²) in [5, 5.41) is 35.7. The van der Waals surface area contributed by atoms with Gasteiger partial charge in [0.2, 0.25) is 0 Å². The third kappa shape index (κ3) is 10.4. The van der Waals surface area contributed by atoms with Crippen LogP contribution < -0.4 is 113 Å². The van der Waals surface area contributed by atoms with Crippen molar-refractivity contribution in [3.05, 3.63) is 0 Å². The monoisotopic (exact) mass is 244 g/mol. The van der Waals surface area contributed by atoms with Gasteiger partial charge in [-0.05, 0) is 0 Å². The van der Waals surface area contributed by atoms with Crippen molar-refractivity contribution in [1.29, 1.82) is 0 Å². The van der Waals surface area contributed by atoms with Crippen molar-refractivity contribution in [3.63, 3.8) is 0 Å². The first kappa shape index (κ1) is 24.4. The molecule has 0 saturated heterocycles. The van der Waals surface area contributed by atoms with Crippen molar-refractivity contribution >= 4 is 11.9 Å². The van der Waals surface area contributed by atoms with Crippen LogP contribution in [-0.4, -0.2) is 39.8 Å². The van der Waals surface area contributed by atoms with Crippen LogP contribution in [0, 0.1) is 0 Å².